The molecule has 0 spiro atoms. The van der Waals surface area contributed by atoms with Gasteiger partial charge in [0.2, 0.25) is 0 Å². The summed E-state index contributed by atoms with van der Waals surface area (Å²) in [6.07, 6.45) is 2.34. The number of rotatable bonds is 6. The molecule has 4 heteroatoms. The Kier molecular flexibility index (Phi) is 7.26. The van der Waals surface area contributed by atoms with Crippen molar-refractivity contribution < 1.29 is 0 Å². The minimum atomic E-state index is 0.665. The van der Waals surface area contributed by atoms with Gasteiger partial charge in [0.25, 0.3) is 0 Å². The molecule has 1 rings (SSSR count). The van der Waals surface area contributed by atoms with E-state index in [0.29, 0.717) is 6.54 Å². The average Bonchev–Trinajstić information content (AvgIpc) is 2.38. The molecule has 0 aromatic heterocycles. The SMILES string of the molecule is CCCCNC(=NCc1ccc(Cl)cc1)NCC. The second-order valence-corrected chi connectivity index (χ2v) is 4.54. The van der Waals surface area contributed by atoms with Crippen LogP contribution in [-0.2, 0) is 6.54 Å². The number of hydrogen-bond donors (Lipinski definition) is 2. The largest absolute Gasteiger partial charge is 0.357 e. The summed E-state index contributed by atoms with van der Waals surface area (Å²) in [5.74, 6) is 0.876. The van der Waals surface area contributed by atoms with E-state index in [-0.39, 0.29) is 0 Å². The van der Waals surface area contributed by atoms with Crippen molar-refractivity contribution in [2.45, 2.75) is 33.2 Å². The lowest BCUT2D eigenvalue weighted by atomic mass is 10.2. The van der Waals surface area contributed by atoms with Crippen LogP contribution in [0.4, 0.5) is 0 Å². The van der Waals surface area contributed by atoms with Gasteiger partial charge in [-0.15, -0.1) is 0 Å². The lowest BCUT2D eigenvalue weighted by Crippen LogP contribution is -2.37. The second-order valence-electron chi connectivity index (χ2n) is 4.10. The van der Waals surface area contributed by atoms with Crippen LogP contribution in [-0.4, -0.2) is 19.0 Å². The number of benzene rings is 1. The van der Waals surface area contributed by atoms with Crippen molar-refractivity contribution in [2.24, 2.45) is 4.99 Å². The molecule has 0 radical (unpaired) electrons. The van der Waals surface area contributed by atoms with Gasteiger partial charge in [-0.05, 0) is 31.0 Å². The lowest BCUT2D eigenvalue weighted by molar-refractivity contribution is 0.730. The molecule has 0 aliphatic rings. The van der Waals surface area contributed by atoms with E-state index in [4.69, 9.17) is 11.6 Å². The maximum atomic E-state index is 5.85. The summed E-state index contributed by atoms with van der Waals surface area (Å²) in [6, 6.07) is 7.79. The smallest absolute Gasteiger partial charge is 0.191 e. The number of nitrogens with one attached hydrogen (secondary N) is 2. The first-order valence-electron chi connectivity index (χ1n) is 6.53. The van der Waals surface area contributed by atoms with Crippen LogP contribution < -0.4 is 10.6 Å². The first kappa shape index (κ1) is 14.8. The minimum absolute atomic E-state index is 0.665. The third-order valence-electron chi connectivity index (χ3n) is 2.50. The van der Waals surface area contributed by atoms with E-state index in [1.807, 2.05) is 24.3 Å². The van der Waals surface area contributed by atoms with E-state index < -0.39 is 0 Å². The van der Waals surface area contributed by atoms with Gasteiger partial charge in [-0.2, -0.15) is 0 Å². The Bertz CT molecular complexity index is 360. The van der Waals surface area contributed by atoms with Crippen molar-refractivity contribution in [3.8, 4) is 0 Å². The first-order chi connectivity index (χ1) is 8.76. The highest BCUT2D eigenvalue weighted by Gasteiger charge is 1.96. The van der Waals surface area contributed by atoms with Gasteiger partial charge in [0.05, 0.1) is 6.54 Å². The van der Waals surface area contributed by atoms with E-state index >= 15 is 0 Å². The van der Waals surface area contributed by atoms with E-state index in [1.165, 1.54) is 6.42 Å². The molecular formula is C14H22ClN3. The molecule has 0 amide bonds. The number of nitrogens with zero attached hydrogens (tertiary/aromatic N) is 1. The van der Waals surface area contributed by atoms with Crippen molar-refractivity contribution in [1.29, 1.82) is 0 Å². The summed E-state index contributed by atoms with van der Waals surface area (Å²) in [5, 5.41) is 7.31. The third-order valence-corrected chi connectivity index (χ3v) is 2.75. The predicted octanol–water partition coefficient (Wildman–Crippen LogP) is 3.20. The van der Waals surface area contributed by atoms with Crippen LogP contribution in [0, 0.1) is 0 Å². The summed E-state index contributed by atoms with van der Waals surface area (Å²) < 4.78 is 0. The summed E-state index contributed by atoms with van der Waals surface area (Å²) in [5.41, 5.74) is 1.16. The minimum Gasteiger partial charge on any atom is -0.357 e. The summed E-state index contributed by atoms with van der Waals surface area (Å²) in [6.45, 7) is 6.75. The molecule has 0 aliphatic heterocycles. The molecule has 1 aromatic carbocycles. The molecule has 2 N–H and O–H groups in total. The molecule has 1 aromatic rings. The number of hydrogen-bond acceptors (Lipinski definition) is 1. The van der Waals surface area contributed by atoms with Crippen molar-refractivity contribution in [2.75, 3.05) is 13.1 Å². The highest BCUT2D eigenvalue weighted by Crippen LogP contribution is 2.09. The van der Waals surface area contributed by atoms with Gasteiger partial charge in [-0.25, -0.2) is 4.99 Å². The maximum absolute atomic E-state index is 5.85. The highest BCUT2D eigenvalue weighted by atomic mass is 35.5. The molecule has 0 unspecified atom stereocenters. The number of aliphatic imine (C=N–C) groups is 1. The van der Waals surface area contributed by atoms with Crippen LogP contribution >= 0.6 is 11.6 Å². The van der Waals surface area contributed by atoms with Crippen LogP contribution in [0.15, 0.2) is 29.3 Å². The first-order valence-corrected chi connectivity index (χ1v) is 6.90. The molecule has 0 saturated carbocycles. The van der Waals surface area contributed by atoms with Gasteiger partial charge in [-0.1, -0.05) is 37.1 Å². The quantitative estimate of drug-likeness (QED) is 0.472. The zero-order valence-corrected chi connectivity index (χ0v) is 11.9. The second kappa shape index (κ2) is 8.81. The van der Waals surface area contributed by atoms with Gasteiger partial charge < -0.3 is 10.6 Å². The van der Waals surface area contributed by atoms with E-state index in [1.54, 1.807) is 0 Å². The summed E-state index contributed by atoms with van der Waals surface area (Å²) >= 11 is 5.85. The van der Waals surface area contributed by atoms with Gasteiger partial charge in [0.15, 0.2) is 5.96 Å². The summed E-state index contributed by atoms with van der Waals surface area (Å²) in [7, 11) is 0. The normalized spacial score (nSPS) is 11.4. The molecule has 3 nitrogen and oxygen atoms in total. The fraction of sp³-hybridized carbons (Fsp3) is 0.500. The van der Waals surface area contributed by atoms with E-state index in [9.17, 15) is 0 Å². The third kappa shape index (κ3) is 5.92. The zero-order valence-electron chi connectivity index (χ0n) is 11.2. The van der Waals surface area contributed by atoms with Gasteiger partial charge in [-0.3, -0.25) is 0 Å². The Labute approximate surface area is 115 Å². The number of guanidine groups is 1. The Balaban J connectivity index is 2.50. The molecule has 100 valence electrons. The van der Waals surface area contributed by atoms with Gasteiger partial charge >= 0.3 is 0 Å². The zero-order chi connectivity index (χ0) is 13.2. The molecule has 0 fully saturated rings. The molecular weight excluding hydrogens is 246 g/mol. The van der Waals surface area contributed by atoms with Crippen LogP contribution in [0.1, 0.15) is 32.3 Å². The fourth-order valence-electron chi connectivity index (χ4n) is 1.49. The number of halogens is 1. The van der Waals surface area contributed by atoms with Crippen LogP contribution in [0.5, 0.6) is 0 Å². The molecule has 0 aliphatic carbocycles. The van der Waals surface area contributed by atoms with Crippen LogP contribution in [0.2, 0.25) is 5.02 Å². The van der Waals surface area contributed by atoms with Gasteiger partial charge in [0.1, 0.15) is 0 Å². The summed E-state index contributed by atoms with van der Waals surface area (Å²) in [4.78, 5) is 4.54. The van der Waals surface area contributed by atoms with E-state index in [0.717, 1.165) is 36.1 Å². The molecule has 0 bridgehead atoms. The van der Waals surface area contributed by atoms with Gasteiger partial charge in [0, 0.05) is 18.1 Å². The van der Waals surface area contributed by atoms with Crippen molar-refractivity contribution >= 4 is 17.6 Å². The van der Waals surface area contributed by atoms with Crippen molar-refractivity contribution in [3.05, 3.63) is 34.9 Å². The number of unbranched alkanes of at least 4 members (excludes halogenated alkanes) is 1. The van der Waals surface area contributed by atoms with Crippen molar-refractivity contribution in [1.82, 2.24) is 10.6 Å². The standard InChI is InChI=1S/C14H22ClN3/c1-3-5-10-17-14(16-4-2)18-11-12-6-8-13(15)9-7-12/h6-9H,3-5,10-11H2,1-2H3,(H2,16,17,18). The Morgan fingerprint density at radius 2 is 1.89 bits per heavy atom. The molecule has 0 saturated heterocycles. The lowest BCUT2D eigenvalue weighted by Gasteiger charge is -2.10. The predicted molar refractivity (Wildman–Crippen MR) is 79.2 cm³/mol. The topological polar surface area (TPSA) is 36.4 Å². The Hall–Kier alpha value is -1.22. The van der Waals surface area contributed by atoms with Crippen molar-refractivity contribution in [3.63, 3.8) is 0 Å². The molecule has 0 heterocycles. The molecule has 0 atom stereocenters. The Morgan fingerprint density at radius 1 is 1.17 bits per heavy atom. The highest BCUT2D eigenvalue weighted by molar-refractivity contribution is 6.30. The maximum Gasteiger partial charge on any atom is 0.191 e. The fourth-order valence-corrected chi connectivity index (χ4v) is 1.61. The van der Waals surface area contributed by atoms with E-state index in [2.05, 4.69) is 29.5 Å². The molecule has 18 heavy (non-hydrogen) atoms. The Morgan fingerprint density at radius 3 is 2.50 bits per heavy atom. The monoisotopic (exact) mass is 267 g/mol. The van der Waals surface area contributed by atoms with Crippen LogP contribution in [0.3, 0.4) is 0 Å². The average molecular weight is 268 g/mol. The van der Waals surface area contributed by atoms with Crippen LogP contribution in [0.25, 0.3) is 0 Å².